The van der Waals surface area contributed by atoms with Crippen molar-refractivity contribution in [1.82, 2.24) is 0 Å². The molecule has 0 fully saturated rings. The summed E-state index contributed by atoms with van der Waals surface area (Å²) in [6.07, 6.45) is 6.41. The van der Waals surface area contributed by atoms with Crippen LogP contribution in [0.2, 0.25) is 0 Å². The average Bonchev–Trinajstić information content (AvgIpc) is 3.03. The number of anilines is 1. The van der Waals surface area contributed by atoms with Gasteiger partial charge in [0.2, 0.25) is 0 Å². The van der Waals surface area contributed by atoms with Crippen molar-refractivity contribution in [3.05, 3.63) is 192 Å². The van der Waals surface area contributed by atoms with Crippen LogP contribution < -0.4 is 4.90 Å². The summed E-state index contributed by atoms with van der Waals surface area (Å²) in [6.45, 7) is 4.85. The fourth-order valence-corrected chi connectivity index (χ4v) is 6.16. The molecule has 0 radical (unpaired) electrons. The topological polar surface area (TPSA) is 3.24 Å². The highest BCUT2D eigenvalue weighted by Gasteiger charge is 2.45. The maximum Gasteiger partial charge on any atom is 0.0702 e. The van der Waals surface area contributed by atoms with E-state index in [0.717, 1.165) is 12.1 Å². The highest BCUT2D eigenvalue weighted by Crippen LogP contribution is 2.53. The van der Waals surface area contributed by atoms with E-state index >= 15 is 0 Å². The average molecular weight is 516 g/mol. The van der Waals surface area contributed by atoms with Gasteiger partial charge in [-0.3, -0.25) is 0 Å². The first-order chi connectivity index (χ1) is 19.7. The van der Waals surface area contributed by atoms with Crippen molar-refractivity contribution >= 4 is 11.3 Å². The number of hydrogen-bond donors (Lipinski definition) is 0. The van der Waals surface area contributed by atoms with Crippen LogP contribution in [0.4, 0.5) is 5.69 Å². The Labute approximate surface area is 238 Å². The molecule has 1 nitrogen and oxygen atoms in total. The Bertz CT molecular complexity index is 1620. The van der Waals surface area contributed by atoms with Gasteiger partial charge >= 0.3 is 0 Å². The molecule has 0 saturated carbocycles. The van der Waals surface area contributed by atoms with Crippen LogP contribution in [-0.2, 0) is 5.41 Å². The molecule has 194 valence electrons. The lowest BCUT2D eigenvalue weighted by Crippen LogP contribution is -2.43. The van der Waals surface area contributed by atoms with E-state index in [9.17, 15) is 0 Å². The SMILES string of the molecule is C=C/C=C(\C=C1/CN(C)c2ccc(-c3ccccc3)cc2C1(c1ccccc1)c1ccccc1)c1ccccc1. The fourth-order valence-electron chi connectivity index (χ4n) is 6.16. The first-order valence-electron chi connectivity index (χ1n) is 13.8. The summed E-state index contributed by atoms with van der Waals surface area (Å²) in [4.78, 5) is 2.39. The molecule has 6 rings (SSSR count). The zero-order valence-electron chi connectivity index (χ0n) is 22.9. The second-order valence-corrected chi connectivity index (χ2v) is 10.3. The Balaban J connectivity index is 1.72. The van der Waals surface area contributed by atoms with Crippen molar-refractivity contribution in [2.75, 3.05) is 18.5 Å². The normalized spacial score (nSPS) is 15.5. The molecule has 1 aliphatic heterocycles. The van der Waals surface area contributed by atoms with E-state index in [-0.39, 0.29) is 0 Å². The molecular formula is C39H33N. The van der Waals surface area contributed by atoms with Gasteiger partial charge in [0.15, 0.2) is 0 Å². The number of benzene rings is 5. The highest BCUT2D eigenvalue weighted by atomic mass is 15.1. The summed E-state index contributed by atoms with van der Waals surface area (Å²) in [5.74, 6) is 0. The van der Waals surface area contributed by atoms with E-state index in [0.29, 0.717) is 0 Å². The Morgan fingerprint density at radius 1 is 0.675 bits per heavy atom. The van der Waals surface area contributed by atoms with Crippen LogP contribution in [-0.4, -0.2) is 13.6 Å². The minimum Gasteiger partial charge on any atom is -0.370 e. The number of rotatable bonds is 6. The number of allylic oxidation sites excluding steroid dienone is 4. The van der Waals surface area contributed by atoms with Gasteiger partial charge in [0.05, 0.1) is 5.41 Å². The van der Waals surface area contributed by atoms with Crippen molar-refractivity contribution in [1.29, 1.82) is 0 Å². The maximum atomic E-state index is 4.05. The molecule has 0 amide bonds. The number of hydrogen-bond acceptors (Lipinski definition) is 1. The molecule has 0 N–H and O–H groups in total. The minimum absolute atomic E-state index is 0.482. The van der Waals surface area contributed by atoms with Gasteiger partial charge in [-0.1, -0.05) is 152 Å². The second-order valence-electron chi connectivity index (χ2n) is 10.3. The van der Waals surface area contributed by atoms with Gasteiger partial charge in [-0.05, 0) is 56.7 Å². The first kappa shape index (κ1) is 25.4. The molecule has 0 aliphatic carbocycles. The Morgan fingerprint density at radius 2 is 1.23 bits per heavy atom. The largest absolute Gasteiger partial charge is 0.370 e. The predicted octanol–water partition coefficient (Wildman–Crippen LogP) is 9.33. The van der Waals surface area contributed by atoms with Gasteiger partial charge in [-0.15, -0.1) is 0 Å². The van der Waals surface area contributed by atoms with Gasteiger partial charge in [-0.25, -0.2) is 0 Å². The van der Waals surface area contributed by atoms with E-state index in [4.69, 9.17) is 0 Å². The van der Waals surface area contributed by atoms with Gasteiger partial charge < -0.3 is 4.90 Å². The summed E-state index contributed by atoms with van der Waals surface area (Å²) >= 11 is 0. The van der Waals surface area contributed by atoms with E-state index in [1.165, 1.54) is 44.6 Å². The molecule has 0 unspecified atom stereocenters. The van der Waals surface area contributed by atoms with E-state index < -0.39 is 5.41 Å². The third kappa shape index (κ3) is 4.50. The van der Waals surface area contributed by atoms with E-state index in [2.05, 4.69) is 170 Å². The molecule has 1 heterocycles. The first-order valence-corrected chi connectivity index (χ1v) is 13.8. The van der Waals surface area contributed by atoms with Gasteiger partial charge in [0.25, 0.3) is 0 Å². The van der Waals surface area contributed by atoms with Crippen LogP contribution in [0.3, 0.4) is 0 Å². The van der Waals surface area contributed by atoms with E-state index in [1.54, 1.807) is 0 Å². The molecule has 40 heavy (non-hydrogen) atoms. The van der Waals surface area contributed by atoms with Crippen molar-refractivity contribution < 1.29 is 0 Å². The van der Waals surface area contributed by atoms with Crippen LogP contribution in [0.25, 0.3) is 16.7 Å². The number of likely N-dealkylation sites (N-methyl/N-ethyl adjacent to an activating group) is 1. The second kappa shape index (κ2) is 11.1. The maximum absolute atomic E-state index is 4.05. The quantitative estimate of drug-likeness (QED) is 0.204. The summed E-state index contributed by atoms with van der Waals surface area (Å²) < 4.78 is 0. The molecule has 0 aromatic heterocycles. The lowest BCUT2D eigenvalue weighted by molar-refractivity contribution is 0.666. The van der Waals surface area contributed by atoms with Crippen LogP contribution >= 0.6 is 0 Å². The third-order valence-corrected chi connectivity index (χ3v) is 7.96. The summed E-state index contributed by atoms with van der Waals surface area (Å²) in [7, 11) is 2.20. The lowest BCUT2D eigenvalue weighted by Gasteiger charge is -2.46. The fraction of sp³-hybridized carbons (Fsp3) is 0.0769. The van der Waals surface area contributed by atoms with Gasteiger partial charge in [0, 0.05) is 19.3 Å². The molecule has 0 spiro atoms. The predicted molar refractivity (Wildman–Crippen MR) is 171 cm³/mol. The summed E-state index contributed by atoms with van der Waals surface area (Å²) in [5, 5.41) is 0. The number of nitrogens with zero attached hydrogens (tertiary/aromatic N) is 1. The zero-order valence-corrected chi connectivity index (χ0v) is 22.9. The van der Waals surface area contributed by atoms with Crippen LogP contribution in [0, 0.1) is 0 Å². The van der Waals surface area contributed by atoms with Crippen LogP contribution in [0.15, 0.2) is 170 Å². The van der Waals surface area contributed by atoms with Gasteiger partial charge in [0.1, 0.15) is 0 Å². The van der Waals surface area contributed by atoms with Gasteiger partial charge in [-0.2, -0.15) is 0 Å². The monoisotopic (exact) mass is 515 g/mol. The molecule has 5 aromatic carbocycles. The molecule has 1 aliphatic rings. The summed E-state index contributed by atoms with van der Waals surface area (Å²) in [5.41, 5.74) is 10.7. The van der Waals surface area contributed by atoms with Crippen LogP contribution in [0.5, 0.6) is 0 Å². The van der Waals surface area contributed by atoms with Crippen molar-refractivity contribution in [2.24, 2.45) is 0 Å². The zero-order chi connectivity index (χ0) is 27.4. The molecular weight excluding hydrogens is 482 g/mol. The third-order valence-electron chi connectivity index (χ3n) is 7.96. The molecule has 1 heteroatoms. The van der Waals surface area contributed by atoms with Crippen molar-refractivity contribution in [2.45, 2.75) is 5.41 Å². The van der Waals surface area contributed by atoms with E-state index in [1.807, 2.05) is 6.08 Å². The lowest BCUT2D eigenvalue weighted by atomic mass is 9.61. The molecule has 0 bridgehead atoms. The van der Waals surface area contributed by atoms with Crippen molar-refractivity contribution in [3.8, 4) is 11.1 Å². The Hall–Kier alpha value is -4.88. The smallest absolute Gasteiger partial charge is 0.0702 e. The standard InChI is InChI=1S/C39H33N/c1-3-16-32(30-17-8-4-9-18-30)27-36-29-40(2)38-26-25-33(31-19-10-5-11-20-31)28-37(38)39(36,34-21-12-6-13-22-34)35-23-14-7-15-24-35/h3-28H,1,29H2,2H3/b32-16+,36-27+. The minimum atomic E-state index is -0.482. The molecule has 0 atom stereocenters. The Morgan fingerprint density at radius 3 is 1.80 bits per heavy atom. The Kier molecular flexibility index (Phi) is 7.04. The van der Waals surface area contributed by atoms with Crippen LogP contribution in [0.1, 0.15) is 22.3 Å². The highest BCUT2D eigenvalue weighted by molar-refractivity contribution is 5.82. The van der Waals surface area contributed by atoms with Crippen molar-refractivity contribution in [3.63, 3.8) is 0 Å². The molecule has 5 aromatic rings. The summed E-state index contributed by atoms with van der Waals surface area (Å²) in [6, 6.07) is 50.2. The molecule has 0 saturated heterocycles. The number of fused-ring (bicyclic) bond motifs is 1.